The molecule has 0 aliphatic carbocycles. The van der Waals surface area contributed by atoms with Crippen molar-refractivity contribution in [2.45, 2.75) is 12.1 Å². The Morgan fingerprint density at radius 1 is 1.06 bits per heavy atom. The van der Waals surface area contributed by atoms with Crippen molar-refractivity contribution in [1.82, 2.24) is 24.9 Å². The second-order valence-corrected chi connectivity index (χ2v) is 9.23. The molecule has 0 aliphatic rings. The van der Waals surface area contributed by atoms with Crippen molar-refractivity contribution in [3.8, 4) is 22.9 Å². The molecule has 0 fully saturated rings. The standard InChI is InChI=1S/C20H15F5N6O3S/c21-13-4-2-1-3-12(13)11-31-17(15-5-7-34-30-15)9-16(29-31)19-27-10-14(22)18(28-19)26-6-8-35(32,33)20(23,24)25/h1-5,7,9-10H,6,8,11H2,(H,26,27,28). The summed E-state index contributed by atoms with van der Waals surface area (Å²) in [6.07, 6.45) is 2.08. The van der Waals surface area contributed by atoms with Crippen LogP contribution in [0.15, 0.2) is 53.4 Å². The molecule has 35 heavy (non-hydrogen) atoms. The molecular formula is C20H15F5N6O3S. The van der Waals surface area contributed by atoms with Crippen LogP contribution in [-0.2, 0) is 16.4 Å². The fraction of sp³-hybridized carbons (Fsp3) is 0.200. The number of sulfone groups is 1. The number of benzene rings is 1. The Kier molecular flexibility index (Phi) is 6.51. The summed E-state index contributed by atoms with van der Waals surface area (Å²) in [5.41, 5.74) is -4.23. The minimum atomic E-state index is -5.42. The Bertz CT molecular complexity index is 1440. The molecule has 4 rings (SSSR count). The van der Waals surface area contributed by atoms with Crippen molar-refractivity contribution in [1.29, 1.82) is 0 Å². The van der Waals surface area contributed by atoms with Gasteiger partial charge in [0.15, 0.2) is 17.5 Å². The lowest BCUT2D eigenvalue weighted by Gasteiger charge is -2.10. The topological polar surface area (TPSA) is 116 Å². The number of hydrogen-bond donors (Lipinski definition) is 1. The van der Waals surface area contributed by atoms with Gasteiger partial charge >= 0.3 is 5.51 Å². The van der Waals surface area contributed by atoms with Gasteiger partial charge in [-0.1, -0.05) is 23.4 Å². The number of halogens is 5. The Morgan fingerprint density at radius 3 is 2.51 bits per heavy atom. The Morgan fingerprint density at radius 2 is 1.83 bits per heavy atom. The largest absolute Gasteiger partial charge is 0.497 e. The molecule has 184 valence electrons. The van der Waals surface area contributed by atoms with E-state index in [9.17, 15) is 30.4 Å². The van der Waals surface area contributed by atoms with Crippen molar-refractivity contribution in [3.63, 3.8) is 0 Å². The average molecular weight is 514 g/mol. The number of rotatable bonds is 8. The van der Waals surface area contributed by atoms with Crippen LogP contribution < -0.4 is 5.32 Å². The van der Waals surface area contributed by atoms with Crippen molar-refractivity contribution in [2.75, 3.05) is 17.6 Å². The molecule has 4 aromatic rings. The van der Waals surface area contributed by atoms with Gasteiger partial charge in [0, 0.05) is 18.2 Å². The van der Waals surface area contributed by atoms with Crippen LogP contribution in [0.4, 0.5) is 27.8 Å². The molecule has 0 saturated carbocycles. The summed E-state index contributed by atoms with van der Waals surface area (Å²) in [6.45, 7) is -0.752. The molecule has 0 atom stereocenters. The Labute approximate surface area is 194 Å². The maximum atomic E-state index is 14.2. The Balaban J connectivity index is 1.63. The SMILES string of the molecule is O=S(=O)(CCNc1nc(-c2cc(-c3ccon3)n(Cc3ccccc3F)n2)ncc1F)C(F)(F)F. The van der Waals surface area contributed by atoms with Gasteiger partial charge in [0.05, 0.1) is 24.2 Å². The average Bonchev–Trinajstić information content (AvgIpc) is 3.46. The van der Waals surface area contributed by atoms with E-state index in [1.54, 1.807) is 12.1 Å². The summed E-state index contributed by atoms with van der Waals surface area (Å²) in [4.78, 5) is 7.77. The highest BCUT2D eigenvalue weighted by molar-refractivity contribution is 7.92. The van der Waals surface area contributed by atoms with Gasteiger partial charge in [-0.15, -0.1) is 0 Å². The molecule has 15 heteroatoms. The predicted octanol–water partition coefficient (Wildman–Crippen LogP) is 3.67. The van der Waals surface area contributed by atoms with E-state index in [4.69, 9.17) is 4.52 Å². The molecule has 1 N–H and O–H groups in total. The zero-order valence-electron chi connectivity index (χ0n) is 17.5. The third-order valence-electron chi connectivity index (χ3n) is 4.75. The fourth-order valence-corrected chi connectivity index (χ4v) is 3.62. The van der Waals surface area contributed by atoms with Crippen molar-refractivity contribution in [2.24, 2.45) is 0 Å². The summed E-state index contributed by atoms with van der Waals surface area (Å²) >= 11 is 0. The van der Waals surface area contributed by atoms with Gasteiger partial charge < -0.3 is 9.84 Å². The molecule has 0 aliphatic heterocycles. The summed E-state index contributed by atoms with van der Waals surface area (Å²) in [5, 5.41) is 10.4. The normalized spacial score (nSPS) is 12.1. The fourth-order valence-electron chi connectivity index (χ4n) is 3.02. The molecular weight excluding hydrogens is 499 g/mol. The summed E-state index contributed by atoms with van der Waals surface area (Å²) < 4.78 is 94.5. The van der Waals surface area contributed by atoms with Crippen LogP contribution in [0.1, 0.15) is 5.56 Å². The molecule has 0 unspecified atom stereocenters. The molecule has 1 aromatic carbocycles. The van der Waals surface area contributed by atoms with Crippen LogP contribution in [0, 0.1) is 11.6 Å². The lowest BCUT2D eigenvalue weighted by molar-refractivity contribution is -0.0434. The van der Waals surface area contributed by atoms with Gasteiger partial charge in [-0.25, -0.2) is 27.2 Å². The maximum absolute atomic E-state index is 14.2. The smallest absolute Gasteiger partial charge is 0.366 e. The van der Waals surface area contributed by atoms with E-state index < -0.39 is 45.1 Å². The second-order valence-electron chi connectivity index (χ2n) is 7.13. The van der Waals surface area contributed by atoms with Crippen LogP contribution in [-0.4, -0.2) is 51.1 Å². The minimum absolute atomic E-state index is 0.00350. The van der Waals surface area contributed by atoms with Crippen LogP contribution in [0.5, 0.6) is 0 Å². The van der Waals surface area contributed by atoms with Gasteiger partial charge in [0.2, 0.25) is 9.84 Å². The molecule has 0 bridgehead atoms. The molecule has 0 saturated heterocycles. The van der Waals surface area contributed by atoms with Crippen LogP contribution in [0.2, 0.25) is 0 Å². The number of hydrogen-bond acceptors (Lipinski definition) is 8. The summed E-state index contributed by atoms with van der Waals surface area (Å²) in [7, 11) is -5.39. The lowest BCUT2D eigenvalue weighted by Crippen LogP contribution is -2.29. The maximum Gasteiger partial charge on any atom is 0.497 e. The number of alkyl halides is 3. The van der Waals surface area contributed by atoms with E-state index in [-0.39, 0.29) is 18.1 Å². The summed E-state index contributed by atoms with van der Waals surface area (Å²) in [5.74, 6) is -3.43. The number of aromatic nitrogens is 5. The first-order valence-corrected chi connectivity index (χ1v) is 11.5. The monoisotopic (exact) mass is 514 g/mol. The van der Waals surface area contributed by atoms with Crippen LogP contribution in [0.3, 0.4) is 0 Å². The summed E-state index contributed by atoms with van der Waals surface area (Å²) in [6, 6.07) is 9.07. The van der Waals surface area contributed by atoms with Gasteiger partial charge in [0.25, 0.3) is 0 Å². The number of nitrogens with one attached hydrogen (secondary N) is 1. The number of nitrogens with zero attached hydrogens (tertiary/aromatic N) is 5. The first kappa shape index (κ1) is 24.3. The molecule has 9 nitrogen and oxygen atoms in total. The van der Waals surface area contributed by atoms with Gasteiger partial charge in [-0.05, 0) is 12.1 Å². The molecule has 0 amide bonds. The zero-order valence-corrected chi connectivity index (χ0v) is 18.3. The first-order valence-electron chi connectivity index (χ1n) is 9.83. The van der Waals surface area contributed by atoms with Gasteiger partial charge in [0.1, 0.15) is 23.5 Å². The lowest BCUT2D eigenvalue weighted by atomic mass is 10.2. The van der Waals surface area contributed by atoms with Crippen LogP contribution >= 0.6 is 0 Å². The van der Waals surface area contributed by atoms with Crippen LogP contribution in [0.25, 0.3) is 22.9 Å². The van der Waals surface area contributed by atoms with E-state index in [1.807, 2.05) is 0 Å². The third-order valence-corrected chi connectivity index (χ3v) is 6.19. The molecule has 0 spiro atoms. The highest BCUT2D eigenvalue weighted by atomic mass is 32.2. The molecule has 3 aromatic heterocycles. The van der Waals surface area contributed by atoms with Crippen molar-refractivity contribution >= 4 is 15.7 Å². The third kappa shape index (κ3) is 5.29. The van der Waals surface area contributed by atoms with Gasteiger partial charge in [-0.2, -0.15) is 18.3 Å². The van der Waals surface area contributed by atoms with E-state index >= 15 is 0 Å². The first-order chi connectivity index (χ1) is 16.5. The quantitative estimate of drug-likeness (QED) is 0.354. The van der Waals surface area contributed by atoms with E-state index in [0.717, 1.165) is 6.20 Å². The zero-order chi connectivity index (χ0) is 25.2. The van der Waals surface area contributed by atoms with Crippen molar-refractivity contribution < 1.29 is 34.9 Å². The second kappa shape index (κ2) is 9.40. The van der Waals surface area contributed by atoms with Gasteiger partial charge in [-0.3, -0.25) is 4.68 Å². The van der Waals surface area contributed by atoms with E-state index in [2.05, 4.69) is 25.5 Å². The molecule has 0 radical (unpaired) electrons. The molecule has 3 heterocycles. The minimum Gasteiger partial charge on any atom is -0.366 e. The Hall–Kier alpha value is -3.88. The van der Waals surface area contributed by atoms with E-state index in [0.29, 0.717) is 17.0 Å². The number of anilines is 1. The van der Waals surface area contributed by atoms with E-state index in [1.165, 1.54) is 35.2 Å². The van der Waals surface area contributed by atoms with Crippen molar-refractivity contribution in [3.05, 3.63) is 66.1 Å². The predicted molar refractivity (Wildman–Crippen MR) is 113 cm³/mol. The highest BCUT2D eigenvalue weighted by Crippen LogP contribution is 2.26. The highest BCUT2D eigenvalue weighted by Gasteiger charge is 2.44.